The predicted octanol–water partition coefficient (Wildman–Crippen LogP) is 1.70. The van der Waals surface area contributed by atoms with E-state index in [-0.39, 0.29) is 30.3 Å². The van der Waals surface area contributed by atoms with Gasteiger partial charge in [-0.05, 0) is 26.5 Å². The lowest BCUT2D eigenvalue weighted by Crippen LogP contribution is -2.40. The van der Waals surface area contributed by atoms with Gasteiger partial charge in [-0.2, -0.15) is 0 Å². The lowest BCUT2D eigenvalue weighted by molar-refractivity contribution is -0.123. The van der Waals surface area contributed by atoms with E-state index in [1.54, 1.807) is 0 Å². The van der Waals surface area contributed by atoms with Gasteiger partial charge in [-0.25, -0.2) is 0 Å². The Hall–Kier alpha value is -1.26. The molecule has 1 aliphatic heterocycles. The van der Waals surface area contributed by atoms with E-state index in [1.165, 1.54) is 0 Å². The van der Waals surface area contributed by atoms with Gasteiger partial charge in [0, 0.05) is 18.2 Å². The van der Waals surface area contributed by atoms with Gasteiger partial charge in [-0.1, -0.05) is 18.2 Å². The molecule has 1 amide bonds. The van der Waals surface area contributed by atoms with Crippen molar-refractivity contribution in [1.29, 1.82) is 0 Å². The number of carbonyl (C=O) groups is 1. The number of hydrogen-bond acceptors (Lipinski definition) is 3. The van der Waals surface area contributed by atoms with Crippen molar-refractivity contribution in [3.63, 3.8) is 0 Å². The molecular formula is C14H21ClN2O2. The van der Waals surface area contributed by atoms with E-state index in [0.29, 0.717) is 13.2 Å². The van der Waals surface area contributed by atoms with Gasteiger partial charge in [-0.3, -0.25) is 4.79 Å². The first-order valence-electron chi connectivity index (χ1n) is 6.39. The molecule has 1 aliphatic rings. The van der Waals surface area contributed by atoms with E-state index < -0.39 is 0 Å². The Morgan fingerprint density at radius 1 is 1.47 bits per heavy atom. The minimum absolute atomic E-state index is 0. The number of fused-ring (bicyclic) bond motifs is 1. The summed E-state index contributed by atoms with van der Waals surface area (Å²) in [6, 6.07) is 8.06. The summed E-state index contributed by atoms with van der Waals surface area (Å²) >= 11 is 0. The fraction of sp³-hybridized carbons (Fsp3) is 0.500. The van der Waals surface area contributed by atoms with Gasteiger partial charge in [0.25, 0.3) is 0 Å². The zero-order valence-corrected chi connectivity index (χ0v) is 12.1. The number of likely N-dealkylation sites (N-methyl/N-ethyl adjacent to an activating group) is 1. The van der Waals surface area contributed by atoms with Gasteiger partial charge < -0.3 is 15.4 Å². The van der Waals surface area contributed by atoms with E-state index in [1.807, 2.05) is 38.2 Å². The van der Waals surface area contributed by atoms with Gasteiger partial charge in [0.15, 0.2) is 0 Å². The highest BCUT2D eigenvalue weighted by atomic mass is 35.5. The molecule has 2 atom stereocenters. The second-order valence-electron chi connectivity index (χ2n) is 4.66. The normalized spacial score (nSPS) is 18.5. The van der Waals surface area contributed by atoms with Gasteiger partial charge in [0.1, 0.15) is 5.75 Å². The highest BCUT2D eigenvalue weighted by Gasteiger charge is 2.27. The van der Waals surface area contributed by atoms with Crippen molar-refractivity contribution in [3.8, 4) is 5.75 Å². The number of hydrogen-bond donors (Lipinski definition) is 2. The van der Waals surface area contributed by atoms with Gasteiger partial charge >= 0.3 is 0 Å². The Balaban J connectivity index is 0.00000180. The topological polar surface area (TPSA) is 50.4 Å². The average Bonchev–Trinajstić information content (AvgIpc) is 2.43. The molecule has 2 N–H and O–H groups in total. The third-order valence-corrected chi connectivity index (χ3v) is 3.35. The van der Waals surface area contributed by atoms with E-state index >= 15 is 0 Å². The summed E-state index contributed by atoms with van der Waals surface area (Å²) < 4.78 is 5.56. The molecule has 0 bridgehead atoms. The smallest absolute Gasteiger partial charge is 0.227 e. The molecule has 0 aliphatic carbocycles. The maximum atomic E-state index is 12.2. The van der Waals surface area contributed by atoms with Crippen molar-refractivity contribution in [2.45, 2.75) is 25.3 Å². The highest BCUT2D eigenvalue weighted by Crippen LogP contribution is 2.33. The fourth-order valence-electron chi connectivity index (χ4n) is 2.09. The standard InChI is InChI=1S/C14H20N2O2.ClH/c1-10(15-2)9-16-14(17)12-7-8-18-13-6-4-3-5-11(12)13;/h3-6,10,12,15H,7-9H2,1-2H3,(H,16,17);1H. The van der Waals surface area contributed by atoms with Crippen molar-refractivity contribution < 1.29 is 9.53 Å². The van der Waals surface area contributed by atoms with Crippen LogP contribution in [0.3, 0.4) is 0 Å². The lowest BCUT2D eigenvalue weighted by atomic mass is 9.92. The Morgan fingerprint density at radius 3 is 2.95 bits per heavy atom. The lowest BCUT2D eigenvalue weighted by Gasteiger charge is -2.25. The first kappa shape index (κ1) is 15.8. The van der Waals surface area contributed by atoms with Crippen LogP contribution < -0.4 is 15.4 Å². The number of amides is 1. The Kier molecular flexibility index (Phi) is 6.12. The molecule has 0 aromatic heterocycles. The summed E-state index contributed by atoms with van der Waals surface area (Å²) in [5.74, 6) is 0.845. The summed E-state index contributed by atoms with van der Waals surface area (Å²) in [4.78, 5) is 12.2. The van der Waals surface area contributed by atoms with Crippen LogP contribution in [0.15, 0.2) is 24.3 Å². The zero-order valence-electron chi connectivity index (χ0n) is 11.3. The zero-order chi connectivity index (χ0) is 13.0. The third-order valence-electron chi connectivity index (χ3n) is 3.35. The van der Waals surface area contributed by atoms with Gasteiger partial charge in [-0.15, -0.1) is 12.4 Å². The van der Waals surface area contributed by atoms with Gasteiger partial charge in [0.2, 0.25) is 5.91 Å². The number of benzene rings is 1. The van der Waals surface area contributed by atoms with Crippen molar-refractivity contribution >= 4 is 18.3 Å². The summed E-state index contributed by atoms with van der Waals surface area (Å²) in [7, 11) is 1.89. The summed E-state index contributed by atoms with van der Waals surface area (Å²) in [5, 5.41) is 6.09. The largest absolute Gasteiger partial charge is 0.493 e. The summed E-state index contributed by atoms with van der Waals surface area (Å²) in [6.45, 7) is 3.30. The molecule has 2 unspecified atom stereocenters. The SMILES string of the molecule is CNC(C)CNC(=O)C1CCOc2ccccc21.Cl. The molecule has 1 heterocycles. The molecule has 0 saturated heterocycles. The molecule has 5 heteroatoms. The van der Waals surface area contributed by atoms with Crippen LogP contribution >= 0.6 is 12.4 Å². The quantitative estimate of drug-likeness (QED) is 0.885. The Morgan fingerprint density at radius 2 is 2.21 bits per heavy atom. The van der Waals surface area contributed by atoms with E-state index in [4.69, 9.17) is 4.74 Å². The molecule has 1 aromatic rings. The Labute approximate surface area is 120 Å². The number of para-hydroxylation sites is 1. The van der Waals surface area contributed by atoms with Crippen LogP contribution in [0, 0.1) is 0 Å². The first-order valence-corrected chi connectivity index (χ1v) is 6.39. The molecule has 0 fully saturated rings. The minimum Gasteiger partial charge on any atom is -0.493 e. The Bertz CT molecular complexity index is 426. The summed E-state index contributed by atoms with van der Waals surface area (Å²) in [5.41, 5.74) is 0.998. The second kappa shape index (κ2) is 7.36. The molecule has 2 rings (SSSR count). The fourth-order valence-corrected chi connectivity index (χ4v) is 2.09. The number of ether oxygens (including phenoxy) is 1. The number of carbonyl (C=O) groups excluding carboxylic acids is 1. The molecule has 106 valence electrons. The molecular weight excluding hydrogens is 264 g/mol. The number of nitrogens with one attached hydrogen (secondary N) is 2. The van der Waals surface area contributed by atoms with E-state index in [2.05, 4.69) is 10.6 Å². The van der Waals surface area contributed by atoms with Crippen LogP contribution in [0.2, 0.25) is 0 Å². The van der Waals surface area contributed by atoms with Crippen molar-refractivity contribution in [2.75, 3.05) is 20.2 Å². The number of halogens is 1. The second-order valence-corrected chi connectivity index (χ2v) is 4.66. The van der Waals surface area contributed by atoms with Crippen LogP contribution in [0.1, 0.15) is 24.8 Å². The van der Waals surface area contributed by atoms with Crippen molar-refractivity contribution in [1.82, 2.24) is 10.6 Å². The minimum atomic E-state index is -0.0843. The molecule has 0 spiro atoms. The maximum Gasteiger partial charge on any atom is 0.227 e. The monoisotopic (exact) mass is 284 g/mol. The van der Waals surface area contributed by atoms with Crippen LogP contribution in [-0.2, 0) is 4.79 Å². The van der Waals surface area contributed by atoms with Crippen LogP contribution in [0.4, 0.5) is 0 Å². The maximum absolute atomic E-state index is 12.2. The molecule has 0 saturated carbocycles. The molecule has 19 heavy (non-hydrogen) atoms. The predicted molar refractivity (Wildman–Crippen MR) is 78.1 cm³/mol. The van der Waals surface area contributed by atoms with Crippen LogP contribution in [0.5, 0.6) is 5.75 Å². The first-order chi connectivity index (χ1) is 8.72. The summed E-state index contributed by atoms with van der Waals surface area (Å²) in [6.07, 6.45) is 0.747. The van der Waals surface area contributed by atoms with Gasteiger partial charge in [0.05, 0.1) is 12.5 Å². The van der Waals surface area contributed by atoms with Crippen LogP contribution in [-0.4, -0.2) is 32.1 Å². The van der Waals surface area contributed by atoms with Crippen LogP contribution in [0.25, 0.3) is 0 Å². The average molecular weight is 285 g/mol. The third kappa shape index (κ3) is 3.85. The molecule has 0 radical (unpaired) electrons. The van der Waals surface area contributed by atoms with E-state index in [0.717, 1.165) is 17.7 Å². The number of rotatable bonds is 4. The van der Waals surface area contributed by atoms with E-state index in [9.17, 15) is 4.79 Å². The highest BCUT2D eigenvalue weighted by molar-refractivity contribution is 5.85. The molecule has 4 nitrogen and oxygen atoms in total. The van der Waals surface area contributed by atoms with Crippen molar-refractivity contribution in [2.24, 2.45) is 0 Å². The molecule has 1 aromatic carbocycles. The van der Waals surface area contributed by atoms with Crippen molar-refractivity contribution in [3.05, 3.63) is 29.8 Å².